The summed E-state index contributed by atoms with van der Waals surface area (Å²) in [6.45, 7) is 1.62. The smallest absolute Gasteiger partial charge is 0.326 e. The monoisotopic (exact) mass is 262 g/mol. The summed E-state index contributed by atoms with van der Waals surface area (Å²) >= 11 is 0. The van der Waals surface area contributed by atoms with Crippen molar-refractivity contribution in [2.45, 2.75) is 25.4 Å². The van der Waals surface area contributed by atoms with Crippen LogP contribution in [0.1, 0.15) is 13.3 Å². The van der Waals surface area contributed by atoms with Crippen LogP contribution in [0.15, 0.2) is 11.5 Å². The van der Waals surface area contributed by atoms with Gasteiger partial charge < -0.3 is 15.7 Å². The van der Waals surface area contributed by atoms with E-state index in [0.29, 0.717) is 0 Å². The number of carbonyl (C=O) groups excluding carboxylic acids is 1. The largest absolute Gasteiger partial charge is 0.480 e. The minimum absolute atomic E-state index is 0.190. The molecule has 0 saturated heterocycles. The molecule has 2 atom stereocenters. The van der Waals surface area contributed by atoms with Gasteiger partial charge in [-0.3, -0.25) is 0 Å². The fourth-order valence-corrected chi connectivity index (χ4v) is 2.61. The third-order valence-corrected chi connectivity index (χ3v) is 3.65. The summed E-state index contributed by atoms with van der Waals surface area (Å²) in [4.78, 5) is 22.0. The van der Waals surface area contributed by atoms with Gasteiger partial charge in [0.25, 0.3) is 0 Å². The molecular weight excluding hydrogens is 248 g/mol. The first-order valence-electron chi connectivity index (χ1n) is 5.05. The second-order valence-corrected chi connectivity index (χ2v) is 5.61. The van der Waals surface area contributed by atoms with Crippen molar-refractivity contribution < 1.29 is 23.1 Å². The van der Waals surface area contributed by atoms with Crippen molar-refractivity contribution in [3.8, 4) is 0 Å². The number of sulfone groups is 1. The van der Waals surface area contributed by atoms with E-state index in [0.717, 1.165) is 5.41 Å². The third-order valence-electron chi connectivity index (χ3n) is 2.26. The topological polar surface area (TPSA) is 113 Å². The molecule has 0 aromatic heterocycles. The first-order valence-corrected chi connectivity index (χ1v) is 6.76. The lowest BCUT2D eigenvalue weighted by Crippen LogP contribution is -2.49. The summed E-state index contributed by atoms with van der Waals surface area (Å²) in [6, 6.07) is -2.27. The highest BCUT2D eigenvalue weighted by Gasteiger charge is 2.24. The lowest BCUT2D eigenvalue weighted by molar-refractivity contribution is -0.139. The molecule has 8 heteroatoms. The summed E-state index contributed by atoms with van der Waals surface area (Å²) in [5.41, 5.74) is 0. The van der Waals surface area contributed by atoms with E-state index < -0.39 is 33.9 Å². The molecule has 0 aromatic rings. The Balaban J connectivity index is 2.46. The molecular formula is C9H14N2O5S. The Morgan fingerprint density at radius 3 is 2.59 bits per heavy atom. The van der Waals surface area contributed by atoms with E-state index in [9.17, 15) is 18.0 Å². The average molecular weight is 262 g/mol. The minimum atomic E-state index is -3.23. The van der Waals surface area contributed by atoms with Gasteiger partial charge in [0.1, 0.15) is 6.04 Å². The Kier molecular flexibility index (Phi) is 4.11. The summed E-state index contributed by atoms with van der Waals surface area (Å²) < 4.78 is 22.1. The van der Waals surface area contributed by atoms with E-state index in [1.807, 2.05) is 0 Å². The van der Waals surface area contributed by atoms with E-state index in [1.54, 1.807) is 6.92 Å². The maximum atomic E-state index is 11.4. The van der Waals surface area contributed by atoms with Crippen LogP contribution in [0.5, 0.6) is 0 Å². The van der Waals surface area contributed by atoms with Crippen molar-refractivity contribution in [2.75, 3.05) is 5.75 Å². The first kappa shape index (κ1) is 13.5. The molecule has 17 heavy (non-hydrogen) atoms. The number of aliphatic carboxylic acids is 1. The Morgan fingerprint density at radius 1 is 1.53 bits per heavy atom. The Bertz CT molecular complexity index is 442. The van der Waals surface area contributed by atoms with Gasteiger partial charge in [0.15, 0.2) is 9.84 Å². The summed E-state index contributed by atoms with van der Waals surface area (Å²) in [7, 11) is -3.23. The highest BCUT2D eigenvalue weighted by atomic mass is 32.2. The van der Waals surface area contributed by atoms with Crippen molar-refractivity contribution >= 4 is 21.8 Å². The standard InChI is InChI=1S/C9H14N2O5S/c1-2-7(8(12)13)11-9(14)10-6-3-4-17(15,16)5-6/h3-4,6-7H,2,5H2,1H3,(H,12,13)(H2,10,11,14)/t6?,7-/m0/s1. The number of rotatable bonds is 4. The summed E-state index contributed by atoms with van der Waals surface area (Å²) in [5, 5.41) is 14.4. The molecule has 0 radical (unpaired) electrons. The predicted molar refractivity (Wildman–Crippen MR) is 60.1 cm³/mol. The molecule has 0 aliphatic carbocycles. The predicted octanol–water partition coefficient (Wildman–Crippen LogP) is -0.540. The number of hydrogen-bond acceptors (Lipinski definition) is 4. The zero-order valence-electron chi connectivity index (χ0n) is 9.21. The van der Waals surface area contributed by atoms with Crippen molar-refractivity contribution in [1.82, 2.24) is 10.6 Å². The fraction of sp³-hybridized carbons (Fsp3) is 0.556. The molecule has 0 spiro atoms. The average Bonchev–Trinajstić information content (AvgIpc) is 2.54. The van der Waals surface area contributed by atoms with Crippen LogP contribution in [0.3, 0.4) is 0 Å². The van der Waals surface area contributed by atoms with E-state index in [2.05, 4.69) is 10.6 Å². The molecule has 0 aromatic carbocycles. The maximum Gasteiger partial charge on any atom is 0.326 e. The Hall–Kier alpha value is -1.57. The lowest BCUT2D eigenvalue weighted by atomic mass is 10.2. The van der Waals surface area contributed by atoms with Crippen molar-refractivity contribution in [2.24, 2.45) is 0 Å². The van der Waals surface area contributed by atoms with Crippen LogP contribution in [0.4, 0.5) is 4.79 Å². The van der Waals surface area contributed by atoms with Crippen LogP contribution in [-0.2, 0) is 14.6 Å². The molecule has 1 aliphatic rings. The Morgan fingerprint density at radius 2 is 2.18 bits per heavy atom. The van der Waals surface area contributed by atoms with E-state index in [1.165, 1.54) is 6.08 Å². The van der Waals surface area contributed by atoms with Crippen molar-refractivity contribution in [3.05, 3.63) is 11.5 Å². The summed E-state index contributed by atoms with van der Waals surface area (Å²) in [5.74, 6) is -1.32. The normalized spacial score (nSPS) is 23.0. The van der Waals surface area contributed by atoms with Gasteiger partial charge >= 0.3 is 12.0 Å². The quantitative estimate of drug-likeness (QED) is 0.629. The molecule has 7 nitrogen and oxygen atoms in total. The van der Waals surface area contributed by atoms with Crippen LogP contribution in [0, 0.1) is 0 Å². The molecule has 0 fully saturated rings. The molecule has 96 valence electrons. The molecule has 0 bridgehead atoms. The number of amides is 2. The number of carboxylic acids is 1. The van der Waals surface area contributed by atoms with E-state index in [-0.39, 0.29) is 12.2 Å². The van der Waals surface area contributed by atoms with Crippen LogP contribution in [0.2, 0.25) is 0 Å². The van der Waals surface area contributed by atoms with Gasteiger partial charge in [-0.15, -0.1) is 0 Å². The number of hydrogen-bond donors (Lipinski definition) is 3. The summed E-state index contributed by atoms with van der Waals surface area (Å²) in [6.07, 6.45) is 1.61. The molecule has 2 amide bonds. The van der Waals surface area contributed by atoms with Gasteiger partial charge in [-0.2, -0.15) is 0 Å². The zero-order chi connectivity index (χ0) is 13.1. The van der Waals surface area contributed by atoms with Crippen LogP contribution < -0.4 is 10.6 Å². The van der Waals surface area contributed by atoms with Crippen LogP contribution in [-0.4, -0.2) is 43.4 Å². The molecule has 3 N–H and O–H groups in total. The number of carbonyl (C=O) groups is 2. The Labute approximate surface area is 98.8 Å². The number of nitrogens with one attached hydrogen (secondary N) is 2. The number of carboxylic acid groups (broad SMARTS) is 1. The van der Waals surface area contributed by atoms with Gasteiger partial charge in [-0.1, -0.05) is 6.92 Å². The number of urea groups is 1. The fourth-order valence-electron chi connectivity index (χ4n) is 1.37. The minimum Gasteiger partial charge on any atom is -0.480 e. The van der Waals surface area contributed by atoms with Crippen molar-refractivity contribution in [1.29, 1.82) is 0 Å². The second kappa shape index (κ2) is 5.17. The first-order chi connectivity index (χ1) is 7.84. The molecule has 1 aliphatic heterocycles. The lowest BCUT2D eigenvalue weighted by Gasteiger charge is -2.15. The second-order valence-electron chi connectivity index (χ2n) is 3.68. The van der Waals surface area contributed by atoms with Crippen LogP contribution >= 0.6 is 0 Å². The maximum absolute atomic E-state index is 11.4. The highest BCUT2D eigenvalue weighted by molar-refractivity contribution is 7.94. The van der Waals surface area contributed by atoms with Gasteiger partial charge in [0.2, 0.25) is 0 Å². The molecule has 0 saturated carbocycles. The van der Waals surface area contributed by atoms with Gasteiger partial charge in [0, 0.05) is 5.41 Å². The van der Waals surface area contributed by atoms with Crippen molar-refractivity contribution in [3.63, 3.8) is 0 Å². The SMILES string of the molecule is CC[C@H](NC(=O)NC1C=CS(=O)(=O)C1)C(=O)O. The van der Waals surface area contributed by atoms with Gasteiger partial charge in [-0.05, 0) is 12.5 Å². The molecule has 1 rings (SSSR count). The molecule has 1 unspecified atom stereocenters. The molecule has 1 heterocycles. The van der Waals surface area contributed by atoms with Gasteiger partial charge in [-0.25, -0.2) is 18.0 Å². The third kappa shape index (κ3) is 4.06. The van der Waals surface area contributed by atoms with E-state index >= 15 is 0 Å². The van der Waals surface area contributed by atoms with Crippen LogP contribution in [0.25, 0.3) is 0 Å². The van der Waals surface area contributed by atoms with Gasteiger partial charge in [0.05, 0.1) is 11.8 Å². The zero-order valence-corrected chi connectivity index (χ0v) is 10.0. The highest BCUT2D eigenvalue weighted by Crippen LogP contribution is 2.07. The van der Waals surface area contributed by atoms with E-state index in [4.69, 9.17) is 5.11 Å².